The first-order valence-electron chi connectivity index (χ1n) is 6.95. The van der Waals surface area contributed by atoms with Crippen LogP contribution in [0.25, 0.3) is 0 Å². The topological polar surface area (TPSA) is 54.3 Å². The van der Waals surface area contributed by atoms with Crippen LogP contribution in [-0.4, -0.2) is 38.5 Å². The van der Waals surface area contributed by atoms with E-state index in [0.29, 0.717) is 0 Å². The van der Waals surface area contributed by atoms with Crippen molar-refractivity contribution < 1.29 is 12.8 Å². The Bertz CT molecular complexity index is 790. The van der Waals surface area contributed by atoms with E-state index in [-0.39, 0.29) is 22.5 Å². The van der Waals surface area contributed by atoms with Gasteiger partial charge in [-0.3, -0.25) is 4.90 Å². The predicted molar refractivity (Wildman–Crippen MR) is 88.4 cm³/mol. The number of hydrogen-bond acceptors (Lipinski definition) is 3. The lowest BCUT2D eigenvalue weighted by Gasteiger charge is -2.25. The summed E-state index contributed by atoms with van der Waals surface area (Å²) in [4.78, 5) is 1.86. The van der Waals surface area contributed by atoms with Crippen molar-refractivity contribution in [3.8, 4) is 0 Å². The van der Waals surface area contributed by atoms with Crippen molar-refractivity contribution in [3.05, 3.63) is 53.1 Å². The van der Waals surface area contributed by atoms with E-state index in [1.54, 1.807) is 0 Å². The maximum atomic E-state index is 13.2. The van der Waals surface area contributed by atoms with E-state index in [0.717, 1.165) is 17.8 Å². The number of halogens is 2. The number of benzene rings is 1. The highest BCUT2D eigenvalue weighted by atomic mass is 35.5. The van der Waals surface area contributed by atoms with Crippen molar-refractivity contribution in [1.82, 2.24) is 14.2 Å². The van der Waals surface area contributed by atoms with Gasteiger partial charge in [-0.2, -0.15) is 0 Å². The smallest absolute Gasteiger partial charge is 0.240 e. The summed E-state index contributed by atoms with van der Waals surface area (Å²) >= 11 is 5.66. The number of nitrogens with one attached hydrogen (secondary N) is 1. The average molecular weight is 360 g/mol. The van der Waals surface area contributed by atoms with Gasteiger partial charge in [-0.1, -0.05) is 11.6 Å². The van der Waals surface area contributed by atoms with E-state index < -0.39 is 15.8 Å². The summed E-state index contributed by atoms with van der Waals surface area (Å²) in [6.45, 7) is 0.183. The minimum Gasteiger partial charge on any atom is -0.353 e. The number of likely N-dealkylation sites (N-methyl/N-ethyl adjacent to an activating group) is 1. The number of rotatable bonds is 6. The fourth-order valence-corrected chi connectivity index (χ4v) is 3.60. The van der Waals surface area contributed by atoms with Gasteiger partial charge in [-0.15, -0.1) is 0 Å². The van der Waals surface area contributed by atoms with Crippen LogP contribution < -0.4 is 4.72 Å². The minimum atomic E-state index is -3.77. The number of aromatic nitrogens is 1. The molecule has 1 aromatic heterocycles. The van der Waals surface area contributed by atoms with Gasteiger partial charge in [0.1, 0.15) is 5.82 Å². The van der Waals surface area contributed by atoms with Crippen molar-refractivity contribution >= 4 is 21.6 Å². The van der Waals surface area contributed by atoms with Gasteiger partial charge in [0, 0.05) is 25.5 Å². The highest BCUT2D eigenvalue weighted by molar-refractivity contribution is 7.89. The maximum absolute atomic E-state index is 13.2. The monoisotopic (exact) mass is 359 g/mol. The SMILES string of the molecule is CN(C)C(CNS(=O)(=O)c1ccc(F)c(Cl)c1)c1cccn1C. The molecular formula is C15H19ClFN3O2S. The third-order valence-electron chi connectivity index (χ3n) is 3.62. The van der Waals surface area contributed by atoms with Crippen molar-refractivity contribution in [1.29, 1.82) is 0 Å². The van der Waals surface area contributed by atoms with Crippen molar-refractivity contribution in [2.45, 2.75) is 10.9 Å². The normalized spacial score (nSPS) is 13.5. The lowest BCUT2D eigenvalue weighted by molar-refractivity contribution is 0.289. The molecule has 2 rings (SSSR count). The molecule has 0 amide bonds. The molecule has 0 aliphatic heterocycles. The molecule has 2 aromatic rings. The van der Waals surface area contributed by atoms with Gasteiger partial charge >= 0.3 is 0 Å². The first kappa shape index (κ1) is 17.9. The summed E-state index contributed by atoms with van der Waals surface area (Å²) in [5, 5.41) is -0.223. The van der Waals surface area contributed by atoms with Crippen LogP contribution in [0.15, 0.2) is 41.4 Å². The molecule has 0 aliphatic carbocycles. The van der Waals surface area contributed by atoms with Crippen LogP contribution in [0.1, 0.15) is 11.7 Å². The van der Waals surface area contributed by atoms with Gasteiger partial charge in [0.05, 0.1) is 16.0 Å². The molecule has 8 heteroatoms. The van der Waals surface area contributed by atoms with E-state index in [2.05, 4.69) is 4.72 Å². The van der Waals surface area contributed by atoms with Gasteiger partial charge in [0.25, 0.3) is 0 Å². The largest absolute Gasteiger partial charge is 0.353 e. The summed E-state index contributed by atoms with van der Waals surface area (Å²) < 4.78 is 42.4. The quantitative estimate of drug-likeness (QED) is 0.861. The Kier molecular flexibility index (Phi) is 5.46. The first-order chi connectivity index (χ1) is 10.7. The van der Waals surface area contributed by atoms with Crippen LogP contribution in [0.4, 0.5) is 4.39 Å². The fraction of sp³-hybridized carbons (Fsp3) is 0.333. The Morgan fingerprint density at radius 3 is 2.57 bits per heavy atom. The van der Waals surface area contributed by atoms with Crippen molar-refractivity contribution in [3.63, 3.8) is 0 Å². The maximum Gasteiger partial charge on any atom is 0.240 e. The molecule has 5 nitrogen and oxygen atoms in total. The Hall–Kier alpha value is -1.41. The zero-order valence-electron chi connectivity index (χ0n) is 13.1. The van der Waals surface area contributed by atoms with Gasteiger partial charge in [0.2, 0.25) is 10.0 Å². The lowest BCUT2D eigenvalue weighted by atomic mass is 10.2. The molecule has 1 N–H and O–H groups in total. The number of nitrogens with zero attached hydrogens (tertiary/aromatic N) is 2. The summed E-state index contributed by atoms with van der Waals surface area (Å²) in [5.41, 5.74) is 0.981. The molecule has 0 saturated heterocycles. The van der Waals surface area contributed by atoms with E-state index in [1.165, 1.54) is 6.07 Å². The first-order valence-corrected chi connectivity index (χ1v) is 8.81. The second kappa shape index (κ2) is 7.00. The van der Waals surface area contributed by atoms with Crippen molar-refractivity contribution in [2.24, 2.45) is 7.05 Å². The molecular weight excluding hydrogens is 341 g/mol. The summed E-state index contributed by atoms with van der Waals surface area (Å²) in [7, 11) is 1.89. The number of hydrogen-bond donors (Lipinski definition) is 1. The van der Waals surface area contributed by atoms with Gasteiger partial charge in [-0.25, -0.2) is 17.5 Å². The van der Waals surface area contributed by atoms with Gasteiger partial charge < -0.3 is 4.57 Å². The molecule has 0 spiro atoms. The van der Waals surface area contributed by atoms with Crippen LogP contribution in [0.5, 0.6) is 0 Å². The molecule has 0 fully saturated rings. The summed E-state index contributed by atoms with van der Waals surface area (Å²) in [6.07, 6.45) is 1.90. The lowest BCUT2D eigenvalue weighted by Crippen LogP contribution is -2.35. The molecule has 1 unspecified atom stereocenters. The number of sulfonamides is 1. The zero-order valence-corrected chi connectivity index (χ0v) is 14.7. The van der Waals surface area contributed by atoms with Crippen LogP contribution in [0.2, 0.25) is 5.02 Å². The standard InChI is InChI=1S/C15H19ClFN3O2S/c1-19(2)15(14-5-4-8-20(14)3)10-18-23(21,22)11-6-7-13(17)12(16)9-11/h4-9,15,18H,10H2,1-3H3. The second-order valence-corrected chi connectivity index (χ2v) is 7.63. The minimum absolute atomic E-state index is 0.0618. The van der Waals surface area contributed by atoms with Gasteiger partial charge in [-0.05, 0) is 44.4 Å². The van der Waals surface area contributed by atoms with Crippen molar-refractivity contribution in [2.75, 3.05) is 20.6 Å². The van der Waals surface area contributed by atoms with E-state index in [1.807, 2.05) is 48.9 Å². The van der Waals surface area contributed by atoms with E-state index >= 15 is 0 Å². The third kappa shape index (κ3) is 4.11. The molecule has 1 heterocycles. The molecule has 0 aliphatic rings. The Morgan fingerprint density at radius 1 is 1.35 bits per heavy atom. The van der Waals surface area contributed by atoms with Crippen LogP contribution in [0.3, 0.4) is 0 Å². The molecule has 0 radical (unpaired) electrons. The van der Waals surface area contributed by atoms with E-state index in [4.69, 9.17) is 11.6 Å². The van der Waals surface area contributed by atoms with E-state index in [9.17, 15) is 12.8 Å². The second-order valence-electron chi connectivity index (χ2n) is 5.45. The third-order valence-corrected chi connectivity index (χ3v) is 5.33. The molecule has 0 saturated carbocycles. The van der Waals surface area contributed by atoms with Gasteiger partial charge in [0.15, 0.2) is 0 Å². The highest BCUT2D eigenvalue weighted by Crippen LogP contribution is 2.21. The Morgan fingerprint density at radius 2 is 2.04 bits per heavy atom. The highest BCUT2D eigenvalue weighted by Gasteiger charge is 2.21. The fourth-order valence-electron chi connectivity index (χ4n) is 2.29. The number of aryl methyl sites for hydroxylation is 1. The average Bonchev–Trinajstić information content (AvgIpc) is 2.88. The van der Waals surface area contributed by atoms with Crippen LogP contribution >= 0.6 is 11.6 Å². The molecule has 126 valence electrons. The molecule has 1 atom stereocenters. The zero-order chi connectivity index (χ0) is 17.2. The van der Waals surface area contributed by atoms with Crippen LogP contribution in [-0.2, 0) is 17.1 Å². The summed E-state index contributed by atoms with van der Waals surface area (Å²) in [6, 6.07) is 7.04. The molecule has 1 aromatic carbocycles. The Labute approximate surface area is 140 Å². The summed E-state index contributed by atoms with van der Waals surface area (Å²) in [5.74, 6) is -0.652. The molecule has 23 heavy (non-hydrogen) atoms. The Balaban J connectivity index is 2.19. The van der Waals surface area contributed by atoms with Crippen LogP contribution in [0, 0.1) is 5.82 Å². The molecule has 0 bridgehead atoms. The predicted octanol–water partition coefficient (Wildman–Crippen LogP) is 2.40.